The van der Waals surface area contributed by atoms with Crippen LogP contribution in [0.15, 0.2) is 0 Å². The lowest BCUT2D eigenvalue weighted by atomic mass is 10.2. The number of unbranched alkanes of at least 4 members (excludes halogenated alkanes) is 1. The van der Waals surface area contributed by atoms with Crippen molar-refractivity contribution < 1.29 is 4.79 Å². The Hall–Kier alpha value is -0.810. The van der Waals surface area contributed by atoms with Crippen LogP contribution in [0.1, 0.15) is 26.7 Å². The summed E-state index contributed by atoms with van der Waals surface area (Å²) in [7, 11) is 0. The molecule has 1 saturated heterocycles. The molecule has 1 rings (SSSR count). The van der Waals surface area contributed by atoms with E-state index in [0.717, 1.165) is 45.6 Å². The second kappa shape index (κ2) is 7.50. The Morgan fingerprint density at radius 3 is 2.53 bits per heavy atom. The van der Waals surface area contributed by atoms with Crippen molar-refractivity contribution >= 4 is 6.03 Å². The van der Waals surface area contributed by atoms with Crippen molar-refractivity contribution in [1.82, 2.24) is 15.1 Å². The molecule has 0 aromatic rings. The summed E-state index contributed by atoms with van der Waals surface area (Å²) in [6.45, 7) is 9.21. The molecule has 0 bridgehead atoms. The van der Waals surface area contributed by atoms with Crippen molar-refractivity contribution in [2.75, 3.05) is 39.3 Å². The van der Waals surface area contributed by atoms with Gasteiger partial charge in [-0.05, 0) is 13.3 Å². The number of hydrogen-bond acceptors (Lipinski definition) is 3. The van der Waals surface area contributed by atoms with Crippen molar-refractivity contribution in [3.63, 3.8) is 0 Å². The molecule has 0 spiro atoms. The molecule has 17 heavy (non-hydrogen) atoms. The van der Waals surface area contributed by atoms with Gasteiger partial charge in [-0.3, -0.25) is 4.90 Å². The maximum absolute atomic E-state index is 11.8. The molecule has 0 aromatic carbocycles. The summed E-state index contributed by atoms with van der Waals surface area (Å²) in [5.74, 6) is 0. The van der Waals surface area contributed by atoms with E-state index in [9.17, 15) is 4.79 Å². The fourth-order valence-corrected chi connectivity index (χ4v) is 2.00. The standard InChI is InChI=1S/C12H26N4O/c1-3-4-5-14-12(17)16-8-6-15(7-9-16)11(2)10-13/h11H,3-10,13H2,1-2H3,(H,14,17). The van der Waals surface area contributed by atoms with Gasteiger partial charge in [0, 0.05) is 45.3 Å². The molecule has 1 atom stereocenters. The first kappa shape index (κ1) is 14.3. The molecule has 2 amide bonds. The van der Waals surface area contributed by atoms with Gasteiger partial charge < -0.3 is 16.0 Å². The molecular weight excluding hydrogens is 216 g/mol. The largest absolute Gasteiger partial charge is 0.338 e. The lowest BCUT2D eigenvalue weighted by Crippen LogP contribution is -2.54. The normalized spacial score (nSPS) is 19.1. The summed E-state index contributed by atoms with van der Waals surface area (Å²) in [6, 6.07) is 0.499. The van der Waals surface area contributed by atoms with Crippen LogP contribution in [0.25, 0.3) is 0 Å². The number of piperazine rings is 1. The van der Waals surface area contributed by atoms with Gasteiger partial charge in [-0.1, -0.05) is 13.3 Å². The maximum atomic E-state index is 11.8. The van der Waals surface area contributed by atoms with Crippen molar-refractivity contribution in [3.8, 4) is 0 Å². The minimum Gasteiger partial charge on any atom is -0.338 e. The van der Waals surface area contributed by atoms with E-state index in [4.69, 9.17) is 5.73 Å². The molecule has 1 aliphatic heterocycles. The molecule has 5 nitrogen and oxygen atoms in total. The molecule has 1 unspecified atom stereocenters. The van der Waals surface area contributed by atoms with Gasteiger partial charge in [0.15, 0.2) is 0 Å². The zero-order chi connectivity index (χ0) is 12.7. The monoisotopic (exact) mass is 242 g/mol. The number of urea groups is 1. The highest BCUT2D eigenvalue weighted by molar-refractivity contribution is 5.74. The van der Waals surface area contributed by atoms with Crippen molar-refractivity contribution in [2.24, 2.45) is 5.73 Å². The predicted molar refractivity (Wildman–Crippen MR) is 70.0 cm³/mol. The van der Waals surface area contributed by atoms with Crippen molar-refractivity contribution in [3.05, 3.63) is 0 Å². The summed E-state index contributed by atoms with van der Waals surface area (Å²) in [5, 5.41) is 2.96. The summed E-state index contributed by atoms with van der Waals surface area (Å²) < 4.78 is 0. The lowest BCUT2D eigenvalue weighted by Gasteiger charge is -2.37. The average molecular weight is 242 g/mol. The Bertz CT molecular complexity index is 227. The second-order valence-corrected chi connectivity index (χ2v) is 4.69. The van der Waals surface area contributed by atoms with Crippen LogP contribution < -0.4 is 11.1 Å². The third-order valence-corrected chi connectivity index (χ3v) is 3.37. The van der Waals surface area contributed by atoms with Crippen LogP contribution in [0.5, 0.6) is 0 Å². The summed E-state index contributed by atoms with van der Waals surface area (Å²) >= 11 is 0. The zero-order valence-electron chi connectivity index (χ0n) is 11.1. The number of nitrogens with one attached hydrogen (secondary N) is 1. The number of carbonyl (C=O) groups is 1. The average Bonchev–Trinajstić information content (AvgIpc) is 2.38. The summed E-state index contributed by atoms with van der Waals surface area (Å²) in [6.07, 6.45) is 2.16. The summed E-state index contributed by atoms with van der Waals surface area (Å²) in [5.41, 5.74) is 5.64. The Labute approximate surface area is 104 Å². The highest BCUT2D eigenvalue weighted by Crippen LogP contribution is 2.05. The Morgan fingerprint density at radius 2 is 2.00 bits per heavy atom. The van der Waals surface area contributed by atoms with Gasteiger partial charge in [-0.2, -0.15) is 0 Å². The SMILES string of the molecule is CCCCNC(=O)N1CCN(C(C)CN)CC1. The van der Waals surface area contributed by atoms with Crippen molar-refractivity contribution in [1.29, 1.82) is 0 Å². The van der Waals surface area contributed by atoms with Gasteiger partial charge in [-0.15, -0.1) is 0 Å². The fourth-order valence-electron chi connectivity index (χ4n) is 2.00. The quantitative estimate of drug-likeness (QED) is 0.689. The Balaban J connectivity index is 2.24. The van der Waals surface area contributed by atoms with Crippen LogP contribution in [0.3, 0.4) is 0 Å². The number of nitrogens with two attached hydrogens (primary N) is 1. The molecule has 1 heterocycles. The van der Waals surface area contributed by atoms with Crippen LogP contribution in [-0.4, -0.2) is 61.1 Å². The molecule has 5 heteroatoms. The van der Waals surface area contributed by atoms with Crippen LogP contribution in [0.2, 0.25) is 0 Å². The van der Waals surface area contributed by atoms with Gasteiger partial charge in [0.2, 0.25) is 0 Å². The molecule has 0 radical (unpaired) electrons. The van der Waals surface area contributed by atoms with Crippen LogP contribution >= 0.6 is 0 Å². The first-order chi connectivity index (χ1) is 8.19. The smallest absolute Gasteiger partial charge is 0.317 e. The van der Waals surface area contributed by atoms with E-state index in [1.54, 1.807) is 0 Å². The molecule has 1 fully saturated rings. The fraction of sp³-hybridized carbons (Fsp3) is 0.917. The maximum Gasteiger partial charge on any atom is 0.317 e. The molecule has 0 saturated carbocycles. The third-order valence-electron chi connectivity index (χ3n) is 3.37. The van der Waals surface area contributed by atoms with E-state index in [2.05, 4.69) is 24.1 Å². The Morgan fingerprint density at radius 1 is 1.35 bits per heavy atom. The molecule has 0 aromatic heterocycles. The zero-order valence-corrected chi connectivity index (χ0v) is 11.1. The predicted octanol–water partition coefficient (Wildman–Crippen LogP) is 0.461. The molecule has 0 aliphatic carbocycles. The highest BCUT2D eigenvalue weighted by atomic mass is 16.2. The van der Waals surface area contributed by atoms with Gasteiger partial charge in [0.05, 0.1) is 0 Å². The minimum atomic E-state index is 0.0819. The van der Waals surface area contributed by atoms with Crippen LogP contribution in [0, 0.1) is 0 Å². The van der Waals surface area contributed by atoms with E-state index in [1.807, 2.05) is 4.90 Å². The van der Waals surface area contributed by atoms with E-state index in [0.29, 0.717) is 12.6 Å². The topological polar surface area (TPSA) is 61.6 Å². The number of nitrogens with zero attached hydrogens (tertiary/aromatic N) is 2. The van der Waals surface area contributed by atoms with Gasteiger partial charge in [0.25, 0.3) is 0 Å². The van der Waals surface area contributed by atoms with E-state index in [1.165, 1.54) is 0 Å². The van der Waals surface area contributed by atoms with E-state index < -0.39 is 0 Å². The van der Waals surface area contributed by atoms with Gasteiger partial charge in [-0.25, -0.2) is 4.79 Å². The second-order valence-electron chi connectivity index (χ2n) is 4.69. The minimum absolute atomic E-state index is 0.0819. The van der Waals surface area contributed by atoms with E-state index >= 15 is 0 Å². The first-order valence-corrected chi connectivity index (χ1v) is 6.66. The molecular formula is C12H26N4O. The molecule has 1 aliphatic rings. The van der Waals surface area contributed by atoms with Gasteiger partial charge >= 0.3 is 6.03 Å². The molecule has 3 N–H and O–H groups in total. The third kappa shape index (κ3) is 4.52. The van der Waals surface area contributed by atoms with Gasteiger partial charge in [0.1, 0.15) is 0 Å². The highest BCUT2D eigenvalue weighted by Gasteiger charge is 2.22. The molecule has 100 valence electrons. The number of hydrogen-bond donors (Lipinski definition) is 2. The lowest BCUT2D eigenvalue weighted by molar-refractivity contribution is 0.116. The van der Waals surface area contributed by atoms with Crippen LogP contribution in [0.4, 0.5) is 4.79 Å². The van der Waals surface area contributed by atoms with E-state index in [-0.39, 0.29) is 6.03 Å². The van der Waals surface area contributed by atoms with Crippen LogP contribution in [-0.2, 0) is 0 Å². The Kier molecular flexibility index (Phi) is 6.29. The number of carbonyl (C=O) groups excluding carboxylic acids is 1. The first-order valence-electron chi connectivity index (χ1n) is 6.66. The number of rotatable bonds is 5. The summed E-state index contributed by atoms with van der Waals surface area (Å²) in [4.78, 5) is 16.0. The number of amides is 2. The van der Waals surface area contributed by atoms with Crippen molar-refractivity contribution in [2.45, 2.75) is 32.7 Å².